The molecule has 2 saturated heterocycles. The lowest BCUT2D eigenvalue weighted by Gasteiger charge is -2.34. The highest BCUT2D eigenvalue weighted by atomic mass is 35.5. The van der Waals surface area contributed by atoms with Crippen LogP contribution in [0.15, 0.2) is 5.38 Å². The van der Waals surface area contributed by atoms with Crippen LogP contribution in [-0.2, 0) is 16.1 Å². The first-order valence-electron chi connectivity index (χ1n) is 8.44. The van der Waals surface area contributed by atoms with E-state index in [0.29, 0.717) is 12.6 Å². The largest absolute Gasteiger partial charge is 0.377 e. The Bertz CT molecular complexity index is 521. The normalized spacial score (nSPS) is 20.0. The molecule has 2 aliphatic heterocycles. The highest BCUT2D eigenvalue weighted by molar-refractivity contribution is 7.09. The molecular weight excluding hydrogens is 419 g/mol. The van der Waals surface area contributed by atoms with Crippen LogP contribution < -0.4 is 5.32 Å². The van der Waals surface area contributed by atoms with Crippen LogP contribution in [0.2, 0.25) is 0 Å². The molecule has 1 atom stereocenters. The van der Waals surface area contributed by atoms with Gasteiger partial charge < -0.3 is 15.0 Å². The number of halogens is 3. The Morgan fingerprint density at radius 3 is 2.62 bits per heavy atom. The monoisotopic (exact) mass is 446 g/mol. The van der Waals surface area contributed by atoms with Gasteiger partial charge in [-0.2, -0.15) is 0 Å². The fraction of sp³-hybridized carbons (Fsp3) is 0.750. The molecule has 0 spiro atoms. The van der Waals surface area contributed by atoms with E-state index in [4.69, 9.17) is 4.74 Å². The second-order valence-electron chi connectivity index (χ2n) is 6.28. The van der Waals surface area contributed by atoms with Crippen LogP contribution in [0, 0.1) is 6.92 Å². The summed E-state index contributed by atoms with van der Waals surface area (Å²) in [6.07, 6.45) is 2.54. The van der Waals surface area contributed by atoms with Gasteiger partial charge in [0.2, 0.25) is 5.91 Å². The summed E-state index contributed by atoms with van der Waals surface area (Å²) in [5.41, 5.74) is 1.14. The van der Waals surface area contributed by atoms with E-state index >= 15 is 0 Å². The molecule has 0 saturated carbocycles. The maximum absolute atomic E-state index is 12.2. The SMILES string of the molecule is Cc1nc(CN2CCN(C(=O)CNCC3CCCO3)CC2)cs1.Cl.Cl.Cl. The number of nitrogens with zero attached hydrogens (tertiary/aromatic N) is 3. The zero-order valence-corrected chi connectivity index (χ0v) is 18.3. The number of aromatic nitrogens is 1. The van der Waals surface area contributed by atoms with Gasteiger partial charge in [-0.1, -0.05) is 0 Å². The lowest BCUT2D eigenvalue weighted by atomic mass is 10.2. The number of carbonyl (C=O) groups excluding carboxylic acids is 1. The lowest BCUT2D eigenvalue weighted by molar-refractivity contribution is -0.132. The zero-order chi connectivity index (χ0) is 16.1. The van der Waals surface area contributed by atoms with E-state index < -0.39 is 0 Å². The average molecular weight is 448 g/mol. The van der Waals surface area contributed by atoms with Gasteiger partial charge in [0.05, 0.1) is 23.4 Å². The Kier molecular flexibility index (Phi) is 13.0. The second kappa shape index (κ2) is 13.1. The molecular formula is C16H29Cl3N4O2S. The number of nitrogens with one attached hydrogen (secondary N) is 1. The number of amides is 1. The van der Waals surface area contributed by atoms with Crippen molar-refractivity contribution in [3.8, 4) is 0 Å². The number of hydrogen-bond donors (Lipinski definition) is 1. The molecule has 3 rings (SSSR count). The minimum atomic E-state index is 0. The van der Waals surface area contributed by atoms with Crippen molar-refractivity contribution in [3.05, 3.63) is 16.1 Å². The number of ether oxygens (including phenoxy) is 1. The molecule has 0 aromatic carbocycles. The van der Waals surface area contributed by atoms with Crippen LogP contribution in [0.4, 0.5) is 0 Å². The number of rotatable bonds is 6. The third kappa shape index (κ3) is 7.84. The van der Waals surface area contributed by atoms with Crippen LogP contribution in [0.5, 0.6) is 0 Å². The maximum Gasteiger partial charge on any atom is 0.236 e. The summed E-state index contributed by atoms with van der Waals surface area (Å²) in [5, 5.41) is 6.48. The molecule has 2 aliphatic rings. The Labute approximate surface area is 178 Å². The molecule has 152 valence electrons. The third-order valence-corrected chi connectivity index (χ3v) is 5.27. The maximum atomic E-state index is 12.2. The number of hydrogen-bond acceptors (Lipinski definition) is 6. The summed E-state index contributed by atoms with van der Waals surface area (Å²) in [6, 6.07) is 0. The van der Waals surface area contributed by atoms with E-state index in [1.807, 2.05) is 11.8 Å². The summed E-state index contributed by atoms with van der Waals surface area (Å²) in [5.74, 6) is 0.201. The highest BCUT2D eigenvalue weighted by Crippen LogP contribution is 2.12. The van der Waals surface area contributed by atoms with Crippen LogP contribution in [0.25, 0.3) is 0 Å². The van der Waals surface area contributed by atoms with Crippen LogP contribution >= 0.6 is 48.6 Å². The quantitative estimate of drug-likeness (QED) is 0.724. The Balaban J connectivity index is 0.00000208. The van der Waals surface area contributed by atoms with Crippen molar-refractivity contribution < 1.29 is 9.53 Å². The van der Waals surface area contributed by atoms with E-state index in [1.54, 1.807) is 11.3 Å². The minimum Gasteiger partial charge on any atom is -0.377 e. The summed E-state index contributed by atoms with van der Waals surface area (Å²) in [7, 11) is 0. The van der Waals surface area contributed by atoms with E-state index in [1.165, 1.54) is 0 Å². The third-order valence-electron chi connectivity index (χ3n) is 4.45. The summed E-state index contributed by atoms with van der Waals surface area (Å²) >= 11 is 1.70. The van der Waals surface area contributed by atoms with Gasteiger partial charge in [-0.15, -0.1) is 48.6 Å². The van der Waals surface area contributed by atoms with E-state index in [9.17, 15) is 4.79 Å². The molecule has 1 unspecified atom stereocenters. The topological polar surface area (TPSA) is 57.7 Å². The van der Waals surface area contributed by atoms with Gasteiger partial charge in [-0.25, -0.2) is 4.98 Å². The van der Waals surface area contributed by atoms with Crippen LogP contribution in [0.1, 0.15) is 23.5 Å². The molecule has 0 bridgehead atoms. The minimum absolute atomic E-state index is 0. The van der Waals surface area contributed by atoms with Crippen LogP contribution in [-0.4, -0.2) is 72.7 Å². The highest BCUT2D eigenvalue weighted by Gasteiger charge is 2.22. The van der Waals surface area contributed by atoms with Crippen molar-refractivity contribution in [2.75, 3.05) is 45.9 Å². The fourth-order valence-electron chi connectivity index (χ4n) is 3.12. The molecule has 0 aliphatic carbocycles. The lowest BCUT2D eigenvalue weighted by Crippen LogP contribution is -2.50. The molecule has 10 heteroatoms. The predicted octanol–water partition coefficient (Wildman–Crippen LogP) is 2.13. The second-order valence-corrected chi connectivity index (χ2v) is 7.34. The molecule has 26 heavy (non-hydrogen) atoms. The summed E-state index contributed by atoms with van der Waals surface area (Å²) < 4.78 is 5.55. The molecule has 1 aromatic heterocycles. The predicted molar refractivity (Wildman–Crippen MR) is 112 cm³/mol. The van der Waals surface area contributed by atoms with Crippen molar-refractivity contribution in [2.45, 2.75) is 32.4 Å². The van der Waals surface area contributed by atoms with Crippen molar-refractivity contribution in [1.29, 1.82) is 0 Å². The molecule has 0 radical (unpaired) electrons. The molecule has 6 nitrogen and oxygen atoms in total. The molecule has 1 N–H and O–H groups in total. The number of piperazine rings is 1. The van der Waals surface area contributed by atoms with Gasteiger partial charge >= 0.3 is 0 Å². The van der Waals surface area contributed by atoms with E-state index in [2.05, 4.69) is 20.6 Å². The van der Waals surface area contributed by atoms with Crippen LogP contribution in [0.3, 0.4) is 0 Å². The van der Waals surface area contributed by atoms with Crippen molar-refractivity contribution >= 4 is 54.5 Å². The van der Waals surface area contributed by atoms with Gasteiger partial charge in [0.25, 0.3) is 0 Å². The van der Waals surface area contributed by atoms with E-state index in [-0.39, 0.29) is 43.1 Å². The Hall–Kier alpha value is -0.150. The first-order valence-corrected chi connectivity index (χ1v) is 9.32. The average Bonchev–Trinajstić information content (AvgIpc) is 3.20. The summed E-state index contributed by atoms with van der Waals surface area (Å²) in [6.45, 7) is 8.47. The molecule has 1 aromatic rings. The van der Waals surface area contributed by atoms with Gasteiger partial charge in [-0.05, 0) is 19.8 Å². The first-order chi connectivity index (χ1) is 11.2. The van der Waals surface area contributed by atoms with Gasteiger partial charge in [-0.3, -0.25) is 9.69 Å². The molecule has 3 heterocycles. The van der Waals surface area contributed by atoms with Crippen molar-refractivity contribution in [3.63, 3.8) is 0 Å². The van der Waals surface area contributed by atoms with E-state index in [0.717, 1.165) is 69.4 Å². The smallest absolute Gasteiger partial charge is 0.236 e. The summed E-state index contributed by atoms with van der Waals surface area (Å²) in [4.78, 5) is 21.1. The first kappa shape index (κ1) is 25.9. The number of carbonyl (C=O) groups is 1. The Morgan fingerprint density at radius 2 is 2.04 bits per heavy atom. The zero-order valence-electron chi connectivity index (χ0n) is 15.0. The molecule has 1 amide bonds. The standard InChI is InChI=1S/C16H26N4O2S.3ClH/c1-13-18-14(12-23-13)11-19-4-6-20(7-5-19)16(21)10-17-9-15-3-2-8-22-15;;;/h12,15,17H,2-11H2,1H3;3*1H. The van der Waals surface area contributed by atoms with Crippen molar-refractivity contribution in [1.82, 2.24) is 20.1 Å². The van der Waals surface area contributed by atoms with Gasteiger partial charge in [0.1, 0.15) is 0 Å². The molecule has 2 fully saturated rings. The Morgan fingerprint density at radius 1 is 1.31 bits per heavy atom. The fourth-order valence-corrected chi connectivity index (χ4v) is 3.73. The number of thiazole rings is 1. The van der Waals surface area contributed by atoms with Crippen molar-refractivity contribution in [2.24, 2.45) is 0 Å². The van der Waals surface area contributed by atoms with Gasteiger partial charge in [0.15, 0.2) is 0 Å². The number of aryl methyl sites for hydroxylation is 1. The van der Waals surface area contributed by atoms with Gasteiger partial charge in [0, 0.05) is 51.3 Å².